The number of para-hydroxylation sites is 1. The zero-order chi connectivity index (χ0) is 19.7. The number of fused-ring (bicyclic) bond motifs is 1. The average molecular weight is 374 g/mol. The standard InChI is InChI=1S/C20H18N6O2/c21-15-10-9-13(12-17(15)26(22)14-6-2-1-3-7-14)23-19(27)18-16-8-4-5-11-25(16)24-20(18)28/h1-12H,21-22H2,(H,23,27)(H,24,28). The Balaban J connectivity index is 1.66. The molecule has 28 heavy (non-hydrogen) atoms. The number of anilines is 4. The first-order chi connectivity index (χ1) is 13.5. The molecule has 0 radical (unpaired) electrons. The van der Waals surface area contributed by atoms with E-state index in [1.807, 2.05) is 30.3 Å². The highest BCUT2D eigenvalue weighted by molar-refractivity contribution is 6.09. The minimum absolute atomic E-state index is 0.0339. The molecule has 4 aromatic rings. The fourth-order valence-corrected chi connectivity index (χ4v) is 3.00. The Morgan fingerprint density at radius 3 is 2.57 bits per heavy atom. The van der Waals surface area contributed by atoms with Crippen LogP contribution in [0.4, 0.5) is 22.7 Å². The third-order valence-electron chi connectivity index (χ3n) is 4.37. The summed E-state index contributed by atoms with van der Waals surface area (Å²) >= 11 is 0. The third-order valence-corrected chi connectivity index (χ3v) is 4.37. The molecule has 0 saturated carbocycles. The summed E-state index contributed by atoms with van der Waals surface area (Å²) in [6, 6.07) is 19.5. The number of rotatable bonds is 4. The van der Waals surface area contributed by atoms with Gasteiger partial charge in [0.05, 0.1) is 22.6 Å². The SMILES string of the molecule is Nc1ccc(NC(=O)c2c(=O)[nH]n3ccccc23)cc1N(N)c1ccccc1. The first-order valence-corrected chi connectivity index (χ1v) is 8.55. The molecule has 6 N–H and O–H groups in total. The molecule has 1 amide bonds. The van der Waals surface area contributed by atoms with Gasteiger partial charge in [0.25, 0.3) is 11.5 Å². The number of aromatic nitrogens is 2. The van der Waals surface area contributed by atoms with Crippen molar-refractivity contribution in [1.82, 2.24) is 9.61 Å². The second-order valence-electron chi connectivity index (χ2n) is 6.21. The van der Waals surface area contributed by atoms with Crippen LogP contribution in [-0.4, -0.2) is 15.5 Å². The lowest BCUT2D eigenvalue weighted by Crippen LogP contribution is -2.26. The number of carbonyl (C=O) groups excluding carboxylic acids is 1. The van der Waals surface area contributed by atoms with Crippen LogP contribution in [0.1, 0.15) is 10.4 Å². The van der Waals surface area contributed by atoms with Crippen LogP contribution in [0.15, 0.2) is 77.7 Å². The molecule has 8 heteroatoms. The number of nitrogens with zero attached hydrogens (tertiary/aromatic N) is 2. The van der Waals surface area contributed by atoms with Gasteiger partial charge in [0.1, 0.15) is 5.56 Å². The van der Waals surface area contributed by atoms with Gasteiger partial charge in [0, 0.05) is 11.9 Å². The Bertz CT molecular complexity index is 1210. The van der Waals surface area contributed by atoms with Gasteiger partial charge in [0.15, 0.2) is 0 Å². The molecule has 0 unspecified atom stereocenters. The molecule has 0 aliphatic carbocycles. The van der Waals surface area contributed by atoms with Crippen LogP contribution in [0.3, 0.4) is 0 Å². The maximum atomic E-state index is 12.7. The summed E-state index contributed by atoms with van der Waals surface area (Å²) in [6.45, 7) is 0. The van der Waals surface area contributed by atoms with Gasteiger partial charge in [-0.3, -0.25) is 24.2 Å². The first-order valence-electron chi connectivity index (χ1n) is 8.55. The molecule has 0 spiro atoms. The minimum atomic E-state index is -0.519. The van der Waals surface area contributed by atoms with E-state index in [1.54, 1.807) is 42.6 Å². The number of nitrogens with two attached hydrogens (primary N) is 2. The Kier molecular flexibility index (Phi) is 4.30. The van der Waals surface area contributed by atoms with Crippen LogP contribution in [0.25, 0.3) is 5.52 Å². The Labute approximate surface area is 159 Å². The second kappa shape index (κ2) is 6.93. The van der Waals surface area contributed by atoms with E-state index in [0.29, 0.717) is 22.6 Å². The van der Waals surface area contributed by atoms with Gasteiger partial charge in [-0.05, 0) is 42.5 Å². The van der Waals surface area contributed by atoms with Gasteiger partial charge in [-0.25, -0.2) is 5.84 Å². The fraction of sp³-hybridized carbons (Fsp3) is 0. The molecular weight excluding hydrogens is 356 g/mol. The van der Waals surface area contributed by atoms with Gasteiger partial charge < -0.3 is 11.1 Å². The summed E-state index contributed by atoms with van der Waals surface area (Å²) in [5, 5.41) is 6.78. The van der Waals surface area contributed by atoms with E-state index < -0.39 is 11.5 Å². The molecule has 140 valence electrons. The van der Waals surface area contributed by atoms with Crippen molar-refractivity contribution < 1.29 is 4.79 Å². The van der Waals surface area contributed by atoms with E-state index in [0.717, 1.165) is 5.69 Å². The number of nitrogens with one attached hydrogen (secondary N) is 2. The molecule has 4 rings (SSSR count). The topological polar surface area (TPSA) is 122 Å². The largest absolute Gasteiger partial charge is 0.397 e. The predicted molar refractivity (Wildman–Crippen MR) is 110 cm³/mol. The Morgan fingerprint density at radius 2 is 1.79 bits per heavy atom. The lowest BCUT2D eigenvalue weighted by Gasteiger charge is -2.21. The van der Waals surface area contributed by atoms with E-state index in [9.17, 15) is 9.59 Å². The molecule has 0 atom stereocenters. The van der Waals surface area contributed by atoms with Gasteiger partial charge in [-0.2, -0.15) is 0 Å². The average Bonchev–Trinajstić information content (AvgIpc) is 3.05. The van der Waals surface area contributed by atoms with Crippen LogP contribution < -0.4 is 27.5 Å². The number of hydrazine groups is 1. The lowest BCUT2D eigenvalue weighted by molar-refractivity contribution is 0.102. The van der Waals surface area contributed by atoms with E-state index >= 15 is 0 Å². The third kappa shape index (κ3) is 3.08. The number of H-pyrrole nitrogens is 1. The van der Waals surface area contributed by atoms with Crippen LogP contribution in [-0.2, 0) is 0 Å². The fourth-order valence-electron chi connectivity index (χ4n) is 3.00. The zero-order valence-corrected chi connectivity index (χ0v) is 14.8. The molecule has 0 bridgehead atoms. The highest BCUT2D eigenvalue weighted by atomic mass is 16.2. The van der Waals surface area contributed by atoms with Crippen molar-refractivity contribution in [1.29, 1.82) is 0 Å². The summed E-state index contributed by atoms with van der Waals surface area (Å²) < 4.78 is 1.50. The van der Waals surface area contributed by atoms with E-state index in [1.165, 1.54) is 9.52 Å². The number of benzene rings is 2. The van der Waals surface area contributed by atoms with Gasteiger partial charge in [-0.15, -0.1) is 0 Å². The number of pyridine rings is 1. The minimum Gasteiger partial charge on any atom is -0.397 e. The van der Waals surface area contributed by atoms with Crippen molar-refractivity contribution in [3.8, 4) is 0 Å². The summed E-state index contributed by atoms with van der Waals surface area (Å²) in [5.74, 6) is 5.67. The summed E-state index contributed by atoms with van der Waals surface area (Å²) in [7, 11) is 0. The number of nitrogen functional groups attached to an aromatic ring is 1. The first kappa shape index (κ1) is 17.4. The Hall–Kier alpha value is -4.04. The molecule has 2 aromatic heterocycles. The van der Waals surface area contributed by atoms with Crippen LogP contribution in [0, 0.1) is 0 Å². The molecule has 8 nitrogen and oxygen atoms in total. The molecule has 0 aliphatic rings. The highest BCUT2D eigenvalue weighted by Crippen LogP contribution is 2.30. The number of amides is 1. The second-order valence-corrected chi connectivity index (χ2v) is 6.21. The number of hydrogen-bond donors (Lipinski definition) is 4. The lowest BCUT2D eigenvalue weighted by atomic mass is 10.2. The molecule has 0 fully saturated rings. The molecule has 0 saturated heterocycles. The maximum Gasteiger partial charge on any atom is 0.277 e. The van der Waals surface area contributed by atoms with Gasteiger partial charge in [0.2, 0.25) is 0 Å². The number of carbonyl (C=O) groups is 1. The van der Waals surface area contributed by atoms with Crippen LogP contribution in [0.5, 0.6) is 0 Å². The Morgan fingerprint density at radius 1 is 1.04 bits per heavy atom. The van der Waals surface area contributed by atoms with E-state index in [2.05, 4.69) is 10.4 Å². The molecule has 2 aromatic carbocycles. The molecule has 2 heterocycles. The highest BCUT2D eigenvalue weighted by Gasteiger charge is 2.18. The van der Waals surface area contributed by atoms with E-state index in [4.69, 9.17) is 11.6 Å². The number of hydrogen-bond acceptors (Lipinski definition) is 5. The molecular formula is C20H18N6O2. The number of aromatic amines is 1. The monoisotopic (exact) mass is 374 g/mol. The maximum absolute atomic E-state index is 12.7. The smallest absolute Gasteiger partial charge is 0.277 e. The summed E-state index contributed by atoms with van der Waals surface area (Å²) in [6.07, 6.45) is 1.67. The van der Waals surface area contributed by atoms with Gasteiger partial charge >= 0.3 is 0 Å². The predicted octanol–water partition coefficient (Wildman–Crippen LogP) is 2.47. The van der Waals surface area contributed by atoms with Crippen molar-refractivity contribution in [3.05, 3.63) is 88.8 Å². The van der Waals surface area contributed by atoms with Crippen molar-refractivity contribution in [2.45, 2.75) is 0 Å². The van der Waals surface area contributed by atoms with Crippen LogP contribution in [0.2, 0.25) is 0 Å². The van der Waals surface area contributed by atoms with Crippen LogP contribution >= 0.6 is 0 Å². The quantitative estimate of drug-likeness (QED) is 0.248. The van der Waals surface area contributed by atoms with E-state index in [-0.39, 0.29) is 5.56 Å². The summed E-state index contributed by atoms with van der Waals surface area (Å²) in [4.78, 5) is 24.9. The van der Waals surface area contributed by atoms with Crippen molar-refractivity contribution in [3.63, 3.8) is 0 Å². The molecule has 0 aliphatic heterocycles. The van der Waals surface area contributed by atoms with Gasteiger partial charge in [-0.1, -0.05) is 24.3 Å². The van der Waals surface area contributed by atoms with Crippen molar-refractivity contribution >= 4 is 34.2 Å². The normalized spacial score (nSPS) is 10.8. The zero-order valence-electron chi connectivity index (χ0n) is 14.8. The summed E-state index contributed by atoms with van der Waals surface area (Å²) in [5.41, 5.74) is 8.31. The van der Waals surface area contributed by atoms with Crippen molar-refractivity contribution in [2.75, 3.05) is 16.1 Å². The van der Waals surface area contributed by atoms with Crippen molar-refractivity contribution in [2.24, 2.45) is 5.84 Å².